The minimum absolute atomic E-state index is 0.396. The molecule has 0 aliphatic carbocycles. The van der Waals surface area contributed by atoms with E-state index in [0.29, 0.717) is 57.4 Å². The Labute approximate surface area is 231 Å². The number of hydrogen-bond acceptors (Lipinski definition) is 15. The monoisotopic (exact) mass is 545 g/mol. The summed E-state index contributed by atoms with van der Waals surface area (Å²) in [6, 6.07) is 15.3. The quantitative estimate of drug-likeness (QED) is 0.131. The van der Waals surface area contributed by atoms with Gasteiger partial charge in [0, 0.05) is 18.6 Å². The lowest BCUT2D eigenvalue weighted by Gasteiger charge is -1.93. The molecule has 0 amide bonds. The molecule has 20 N–H and O–H groups in total. The Morgan fingerprint density at radius 1 is 0.400 bits per heavy atom. The summed E-state index contributed by atoms with van der Waals surface area (Å²) in [5.41, 5.74) is 56.5. The molecule has 0 atom stereocenters. The number of anilines is 10. The molecule has 0 unspecified atom stereocenters. The predicted octanol–water partition coefficient (Wildman–Crippen LogP) is 1.23. The first-order chi connectivity index (χ1) is 19.0. The summed E-state index contributed by atoms with van der Waals surface area (Å²) in [4.78, 5) is 18.7. The third-order valence-corrected chi connectivity index (χ3v) is 4.25. The van der Waals surface area contributed by atoms with Crippen LogP contribution in [0.5, 0.6) is 0 Å². The van der Waals surface area contributed by atoms with Crippen LogP contribution in [0.4, 0.5) is 57.4 Å². The zero-order valence-corrected chi connectivity index (χ0v) is 21.7. The van der Waals surface area contributed by atoms with Crippen molar-refractivity contribution in [3.63, 3.8) is 0 Å². The zero-order valence-electron chi connectivity index (χ0n) is 21.7. The van der Waals surface area contributed by atoms with Crippen molar-refractivity contribution in [3.8, 4) is 0 Å². The van der Waals surface area contributed by atoms with Gasteiger partial charge in [0.25, 0.3) is 0 Å². The molecule has 40 heavy (non-hydrogen) atoms. The molecule has 5 aromatic rings. The molecule has 0 saturated carbocycles. The van der Waals surface area contributed by atoms with Gasteiger partial charge < -0.3 is 57.3 Å². The number of pyridine rings is 5. The van der Waals surface area contributed by atoms with E-state index in [2.05, 4.69) is 24.9 Å². The van der Waals surface area contributed by atoms with E-state index in [1.807, 2.05) is 0 Å². The first-order valence-electron chi connectivity index (χ1n) is 11.3. The molecule has 0 aliphatic heterocycles. The lowest BCUT2D eigenvalue weighted by atomic mass is 10.4. The van der Waals surface area contributed by atoms with Gasteiger partial charge in [-0.15, -0.1) is 0 Å². The fourth-order valence-corrected chi connectivity index (χ4v) is 2.15. The van der Waals surface area contributed by atoms with E-state index in [9.17, 15) is 0 Å². The Balaban J connectivity index is 0.000000250. The van der Waals surface area contributed by atoms with Crippen LogP contribution in [0.2, 0.25) is 0 Å². The van der Waals surface area contributed by atoms with Crippen LogP contribution in [0.1, 0.15) is 0 Å². The fourth-order valence-electron chi connectivity index (χ4n) is 2.15. The van der Waals surface area contributed by atoms with E-state index < -0.39 is 0 Å². The van der Waals surface area contributed by atoms with Gasteiger partial charge in [-0.3, -0.25) is 9.97 Å². The van der Waals surface area contributed by atoms with Crippen molar-refractivity contribution in [2.24, 2.45) is 0 Å². The normalized spacial score (nSPS) is 9.00. The smallest absolute Gasteiger partial charge is 0.146 e. The summed E-state index contributed by atoms with van der Waals surface area (Å²) < 4.78 is 0. The Hall–Kier alpha value is -6.25. The maximum absolute atomic E-state index is 5.35. The molecular formula is C25H35N15. The Kier molecular flexibility index (Phi) is 13.7. The van der Waals surface area contributed by atoms with Crippen molar-refractivity contribution in [2.75, 3.05) is 57.3 Å². The third-order valence-electron chi connectivity index (χ3n) is 4.25. The van der Waals surface area contributed by atoms with Crippen molar-refractivity contribution >= 4 is 57.4 Å². The first-order valence-corrected chi connectivity index (χ1v) is 11.3. The van der Waals surface area contributed by atoms with Crippen LogP contribution in [0.25, 0.3) is 0 Å². The van der Waals surface area contributed by atoms with Crippen LogP contribution in [-0.2, 0) is 0 Å². The third kappa shape index (κ3) is 13.7. The van der Waals surface area contributed by atoms with Crippen molar-refractivity contribution in [2.45, 2.75) is 0 Å². The minimum atomic E-state index is 0.396. The highest BCUT2D eigenvalue weighted by atomic mass is 14.9. The summed E-state index contributed by atoms with van der Waals surface area (Å²) >= 11 is 0. The van der Waals surface area contributed by atoms with Crippen LogP contribution >= 0.6 is 0 Å². The number of nitrogens with two attached hydrogens (primary N) is 10. The highest BCUT2D eigenvalue weighted by Crippen LogP contribution is 2.09. The molecule has 15 heteroatoms. The highest BCUT2D eigenvalue weighted by molar-refractivity contribution is 5.61. The van der Waals surface area contributed by atoms with Crippen LogP contribution in [-0.4, -0.2) is 24.9 Å². The van der Waals surface area contributed by atoms with Crippen molar-refractivity contribution < 1.29 is 0 Å². The average molecular weight is 546 g/mol. The Bertz CT molecular complexity index is 1210. The highest BCUT2D eigenvalue weighted by Gasteiger charge is 1.88. The molecular weight excluding hydrogens is 510 g/mol. The van der Waals surface area contributed by atoms with Crippen LogP contribution < -0.4 is 57.3 Å². The van der Waals surface area contributed by atoms with Crippen LogP contribution in [0.3, 0.4) is 0 Å². The molecule has 0 saturated heterocycles. The van der Waals surface area contributed by atoms with E-state index in [1.54, 1.807) is 73.2 Å². The van der Waals surface area contributed by atoms with E-state index in [1.165, 1.54) is 18.6 Å². The van der Waals surface area contributed by atoms with Gasteiger partial charge >= 0.3 is 0 Å². The molecule has 5 aromatic heterocycles. The Morgan fingerprint density at radius 3 is 1.23 bits per heavy atom. The molecule has 0 aromatic carbocycles. The largest absolute Gasteiger partial charge is 0.397 e. The molecule has 5 heterocycles. The van der Waals surface area contributed by atoms with Gasteiger partial charge in [-0.05, 0) is 48.5 Å². The average Bonchev–Trinajstić information content (AvgIpc) is 2.92. The van der Waals surface area contributed by atoms with Gasteiger partial charge in [0.2, 0.25) is 0 Å². The summed E-state index contributed by atoms with van der Waals surface area (Å²) in [5.74, 6) is 1.82. The molecule has 0 aliphatic rings. The van der Waals surface area contributed by atoms with Crippen molar-refractivity contribution in [1.82, 2.24) is 24.9 Å². The van der Waals surface area contributed by atoms with Crippen LogP contribution in [0, 0.1) is 0 Å². The van der Waals surface area contributed by atoms with E-state index >= 15 is 0 Å². The second-order valence-electron chi connectivity index (χ2n) is 7.49. The maximum Gasteiger partial charge on any atom is 0.146 e. The summed E-state index contributed by atoms with van der Waals surface area (Å²) in [6.07, 6.45) is 9.38. The number of nitrogen functional groups attached to an aromatic ring is 10. The van der Waals surface area contributed by atoms with E-state index in [-0.39, 0.29) is 0 Å². The van der Waals surface area contributed by atoms with Crippen LogP contribution in [0.15, 0.2) is 91.8 Å². The fraction of sp³-hybridized carbons (Fsp3) is 0. The van der Waals surface area contributed by atoms with Gasteiger partial charge in [0.05, 0.1) is 52.7 Å². The summed E-state index contributed by atoms with van der Waals surface area (Å²) in [7, 11) is 0. The second kappa shape index (κ2) is 17.2. The number of nitrogens with zero attached hydrogens (tertiary/aromatic N) is 5. The maximum atomic E-state index is 5.35. The van der Waals surface area contributed by atoms with Crippen molar-refractivity contribution in [1.29, 1.82) is 0 Å². The lowest BCUT2D eigenvalue weighted by Crippen LogP contribution is -1.95. The number of hydrogen-bond donors (Lipinski definition) is 10. The van der Waals surface area contributed by atoms with E-state index in [4.69, 9.17) is 57.3 Å². The molecule has 0 spiro atoms. The topological polar surface area (TPSA) is 325 Å². The van der Waals surface area contributed by atoms with Gasteiger partial charge in [-0.2, -0.15) is 0 Å². The van der Waals surface area contributed by atoms with Gasteiger partial charge in [0.15, 0.2) is 0 Å². The number of rotatable bonds is 0. The molecule has 15 nitrogen and oxygen atoms in total. The molecule has 5 rings (SSSR count). The SMILES string of the molecule is Nc1ccc(N)nc1.Nc1cccc(N)n1.Nc1cccnc1N.Nc1ccncc1N.Nc1ccncc1N. The van der Waals surface area contributed by atoms with Crippen molar-refractivity contribution in [3.05, 3.63) is 91.8 Å². The lowest BCUT2D eigenvalue weighted by molar-refractivity contribution is 1.34. The Morgan fingerprint density at radius 2 is 0.950 bits per heavy atom. The molecule has 0 bridgehead atoms. The first kappa shape index (κ1) is 31.8. The molecule has 0 radical (unpaired) electrons. The summed E-state index contributed by atoms with van der Waals surface area (Å²) in [6.45, 7) is 0. The van der Waals surface area contributed by atoms with Gasteiger partial charge in [-0.1, -0.05) is 6.07 Å². The number of aromatic nitrogens is 5. The second-order valence-corrected chi connectivity index (χ2v) is 7.49. The van der Waals surface area contributed by atoms with Gasteiger partial charge in [-0.25, -0.2) is 15.0 Å². The molecule has 0 fully saturated rings. The molecule has 210 valence electrons. The zero-order chi connectivity index (χ0) is 29.9. The standard InChI is InChI=1S/5C5H7N3/c2*6-4-1-2-8-3-5(4)7;6-4-1-2-5(7)8-3-4;6-4-2-1-3-8-5(4)7;6-4-2-1-3-5(7)8-4/h2*1-3H,7H2,(H2,6,8);2*1-3H,6H2,(H2,7,8);1-3H,(H4,6,7,8). The van der Waals surface area contributed by atoms with E-state index in [0.717, 1.165) is 0 Å². The minimum Gasteiger partial charge on any atom is -0.397 e. The predicted molar refractivity (Wildman–Crippen MR) is 165 cm³/mol. The summed E-state index contributed by atoms with van der Waals surface area (Å²) in [5, 5.41) is 0. The van der Waals surface area contributed by atoms with Gasteiger partial charge in [0.1, 0.15) is 23.3 Å².